The van der Waals surface area contributed by atoms with Crippen molar-refractivity contribution >= 4 is 11.6 Å². The molecule has 0 radical (unpaired) electrons. The van der Waals surface area contributed by atoms with Gasteiger partial charge in [-0.3, -0.25) is 4.79 Å². The van der Waals surface area contributed by atoms with Crippen molar-refractivity contribution in [2.24, 2.45) is 5.92 Å². The zero-order valence-electron chi connectivity index (χ0n) is 16.2. The molecular formula is C22H32N2O2. The molecule has 1 aromatic rings. The monoisotopic (exact) mass is 356 g/mol. The van der Waals surface area contributed by atoms with Gasteiger partial charge in [0.1, 0.15) is 0 Å². The number of nitrogens with zero attached hydrogens (tertiary/aromatic N) is 2. The minimum atomic E-state index is 0.0636. The molecule has 1 aliphatic carbocycles. The van der Waals surface area contributed by atoms with E-state index < -0.39 is 0 Å². The summed E-state index contributed by atoms with van der Waals surface area (Å²) in [5.41, 5.74) is 2.64. The highest BCUT2D eigenvalue weighted by molar-refractivity contribution is 5.76. The Morgan fingerprint density at radius 1 is 1.15 bits per heavy atom. The predicted octanol–water partition coefficient (Wildman–Crippen LogP) is 3.77. The molecule has 1 spiro atoms. The topological polar surface area (TPSA) is 32.8 Å². The highest BCUT2D eigenvalue weighted by Crippen LogP contribution is 2.44. The summed E-state index contributed by atoms with van der Waals surface area (Å²) in [5.74, 6) is 1.01. The molecule has 1 amide bonds. The molecule has 3 aliphatic rings. The highest BCUT2D eigenvalue weighted by Gasteiger charge is 2.55. The second-order valence-corrected chi connectivity index (χ2v) is 8.51. The normalized spacial score (nSPS) is 25.5. The van der Waals surface area contributed by atoms with Crippen LogP contribution in [0.2, 0.25) is 0 Å². The number of aryl methyl sites for hydroxylation is 1. The molecule has 0 bridgehead atoms. The van der Waals surface area contributed by atoms with Crippen LogP contribution in [0.15, 0.2) is 24.3 Å². The molecule has 0 aromatic heterocycles. The lowest BCUT2D eigenvalue weighted by Crippen LogP contribution is -2.74. The number of anilines is 1. The summed E-state index contributed by atoms with van der Waals surface area (Å²) in [5, 5.41) is 0. The number of hydrogen-bond acceptors (Lipinski definition) is 3. The van der Waals surface area contributed by atoms with Crippen LogP contribution >= 0.6 is 0 Å². The quantitative estimate of drug-likeness (QED) is 0.823. The number of amides is 1. The Hall–Kier alpha value is -1.55. The number of hydrogen-bond donors (Lipinski definition) is 0. The number of piperidine rings is 1. The van der Waals surface area contributed by atoms with Gasteiger partial charge in [-0.25, -0.2) is 0 Å². The van der Waals surface area contributed by atoms with Gasteiger partial charge in [-0.15, -0.1) is 0 Å². The van der Waals surface area contributed by atoms with Crippen LogP contribution in [-0.2, 0) is 9.53 Å². The fourth-order valence-electron chi connectivity index (χ4n) is 5.29. The first kappa shape index (κ1) is 17.8. The van der Waals surface area contributed by atoms with Crippen molar-refractivity contribution in [1.82, 2.24) is 4.90 Å². The summed E-state index contributed by atoms with van der Waals surface area (Å²) >= 11 is 0. The van der Waals surface area contributed by atoms with E-state index in [0.717, 1.165) is 38.9 Å². The second-order valence-electron chi connectivity index (χ2n) is 8.51. The van der Waals surface area contributed by atoms with Gasteiger partial charge in [0.15, 0.2) is 0 Å². The third-order valence-corrected chi connectivity index (χ3v) is 7.04. The lowest BCUT2D eigenvalue weighted by atomic mass is 9.73. The van der Waals surface area contributed by atoms with E-state index in [1.165, 1.54) is 36.9 Å². The fraction of sp³-hybridized carbons (Fsp3) is 0.682. The molecule has 26 heavy (non-hydrogen) atoms. The molecule has 0 N–H and O–H groups in total. The van der Waals surface area contributed by atoms with Gasteiger partial charge in [0.25, 0.3) is 0 Å². The molecule has 2 saturated heterocycles. The molecule has 4 nitrogen and oxygen atoms in total. The SMILES string of the molecule is COC1CN(c2ccc(C)cc2)C12CCN(C(=O)CC1CCCC1)CC2. The van der Waals surface area contributed by atoms with Crippen LogP contribution in [0.1, 0.15) is 50.5 Å². The summed E-state index contributed by atoms with van der Waals surface area (Å²) in [6.45, 7) is 4.82. The molecule has 142 valence electrons. The molecule has 1 saturated carbocycles. The average molecular weight is 357 g/mol. The van der Waals surface area contributed by atoms with Crippen molar-refractivity contribution in [3.05, 3.63) is 29.8 Å². The van der Waals surface area contributed by atoms with Crippen LogP contribution in [0.25, 0.3) is 0 Å². The van der Waals surface area contributed by atoms with E-state index in [-0.39, 0.29) is 11.6 Å². The number of carbonyl (C=O) groups is 1. The number of carbonyl (C=O) groups excluding carboxylic acids is 1. The maximum Gasteiger partial charge on any atom is 0.222 e. The van der Waals surface area contributed by atoms with E-state index in [4.69, 9.17) is 4.74 Å². The van der Waals surface area contributed by atoms with Crippen LogP contribution < -0.4 is 4.90 Å². The first-order chi connectivity index (χ1) is 12.6. The van der Waals surface area contributed by atoms with Gasteiger partial charge in [0, 0.05) is 38.9 Å². The maximum absolute atomic E-state index is 12.7. The molecular weight excluding hydrogens is 324 g/mol. The first-order valence-electron chi connectivity index (χ1n) is 10.3. The molecule has 2 heterocycles. The Labute approximate surface area is 157 Å². The van der Waals surface area contributed by atoms with E-state index in [0.29, 0.717) is 11.8 Å². The van der Waals surface area contributed by atoms with Gasteiger partial charge in [0.05, 0.1) is 11.6 Å². The third kappa shape index (κ3) is 3.13. The molecule has 1 unspecified atom stereocenters. The van der Waals surface area contributed by atoms with Crippen molar-refractivity contribution in [3.8, 4) is 0 Å². The van der Waals surface area contributed by atoms with Crippen LogP contribution in [-0.4, -0.2) is 49.2 Å². The van der Waals surface area contributed by atoms with Crippen molar-refractivity contribution in [1.29, 1.82) is 0 Å². The van der Waals surface area contributed by atoms with Crippen LogP contribution in [0, 0.1) is 12.8 Å². The standard InChI is InChI=1S/C22H32N2O2/c1-17-7-9-19(10-8-17)24-16-20(26-2)22(24)11-13-23(14-12-22)21(25)15-18-5-3-4-6-18/h7-10,18,20H,3-6,11-16H2,1-2H3. The summed E-state index contributed by atoms with van der Waals surface area (Å²) in [6.07, 6.45) is 8.17. The lowest BCUT2D eigenvalue weighted by Gasteiger charge is -2.61. The molecule has 1 aromatic carbocycles. The number of likely N-dealkylation sites (tertiary alicyclic amines) is 1. The minimum Gasteiger partial charge on any atom is -0.377 e. The van der Waals surface area contributed by atoms with Gasteiger partial charge in [0.2, 0.25) is 5.91 Å². The van der Waals surface area contributed by atoms with E-state index in [2.05, 4.69) is 41.0 Å². The van der Waals surface area contributed by atoms with Crippen LogP contribution in [0.4, 0.5) is 5.69 Å². The fourth-order valence-corrected chi connectivity index (χ4v) is 5.29. The van der Waals surface area contributed by atoms with E-state index in [1.54, 1.807) is 0 Å². The second kappa shape index (κ2) is 7.22. The number of rotatable bonds is 4. The Bertz CT molecular complexity index is 628. The summed E-state index contributed by atoms with van der Waals surface area (Å²) in [4.78, 5) is 17.3. The van der Waals surface area contributed by atoms with Crippen molar-refractivity contribution < 1.29 is 9.53 Å². The smallest absolute Gasteiger partial charge is 0.222 e. The van der Waals surface area contributed by atoms with Crippen LogP contribution in [0.3, 0.4) is 0 Å². The summed E-state index contributed by atoms with van der Waals surface area (Å²) < 4.78 is 5.81. The largest absolute Gasteiger partial charge is 0.377 e. The highest BCUT2D eigenvalue weighted by atomic mass is 16.5. The summed E-state index contributed by atoms with van der Waals surface area (Å²) in [7, 11) is 1.83. The number of benzene rings is 1. The van der Waals surface area contributed by atoms with E-state index in [9.17, 15) is 4.79 Å². The predicted molar refractivity (Wildman–Crippen MR) is 104 cm³/mol. The lowest BCUT2D eigenvalue weighted by molar-refractivity contribution is -0.136. The van der Waals surface area contributed by atoms with Gasteiger partial charge in [-0.05, 0) is 50.7 Å². The van der Waals surface area contributed by atoms with E-state index >= 15 is 0 Å². The average Bonchev–Trinajstić information content (AvgIpc) is 3.16. The van der Waals surface area contributed by atoms with Gasteiger partial charge < -0.3 is 14.5 Å². The van der Waals surface area contributed by atoms with Crippen molar-refractivity contribution in [3.63, 3.8) is 0 Å². The van der Waals surface area contributed by atoms with Gasteiger partial charge in [-0.1, -0.05) is 30.5 Å². The minimum absolute atomic E-state index is 0.0636. The molecule has 4 rings (SSSR count). The Morgan fingerprint density at radius 2 is 1.81 bits per heavy atom. The van der Waals surface area contributed by atoms with E-state index in [1.807, 2.05) is 7.11 Å². The molecule has 2 aliphatic heterocycles. The zero-order chi connectivity index (χ0) is 18.1. The molecule has 4 heteroatoms. The van der Waals surface area contributed by atoms with Crippen LogP contribution in [0.5, 0.6) is 0 Å². The maximum atomic E-state index is 12.7. The Morgan fingerprint density at radius 3 is 2.42 bits per heavy atom. The molecule has 3 fully saturated rings. The molecule has 1 atom stereocenters. The van der Waals surface area contributed by atoms with Gasteiger partial charge in [-0.2, -0.15) is 0 Å². The Kier molecular flexibility index (Phi) is 4.96. The summed E-state index contributed by atoms with van der Waals surface area (Å²) in [6, 6.07) is 8.81. The number of methoxy groups -OCH3 is 1. The third-order valence-electron chi connectivity index (χ3n) is 7.04. The number of ether oxygens (including phenoxy) is 1. The first-order valence-corrected chi connectivity index (χ1v) is 10.3. The zero-order valence-corrected chi connectivity index (χ0v) is 16.2. The Balaban J connectivity index is 1.41. The van der Waals surface area contributed by atoms with Gasteiger partial charge >= 0.3 is 0 Å². The van der Waals surface area contributed by atoms with Crippen molar-refractivity contribution in [2.45, 2.75) is 63.5 Å². The van der Waals surface area contributed by atoms with Crippen molar-refractivity contribution in [2.75, 3.05) is 31.6 Å².